The van der Waals surface area contributed by atoms with Crippen molar-refractivity contribution in [2.75, 3.05) is 39.5 Å². The van der Waals surface area contributed by atoms with Gasteiger partial charge in [-0.05, 0) is 51.6 Å². The van der Waals surface area contributed by atoms with E-state index in [-0.39, 0.29) is 0 Å². The Bertz CT molecular complexity index is 185. The van der Waals surface area contributed by atoms with Crippen molar-refractivity contribution in [3.8, 4) is 0 Å². The fraction of sp³-hybridized carbons (Fsp3) is 1.00. The summed E-state index contributed by atoms with van der Waals surface area (Å²) in [5.41, 5.74) is 0. The summed E-state index contributed by atoms with van der Waals surface area (Å²) < 4.78 is 0. The van der Waals surface area contributed by atoms with E-state index in [0.29, 0.717) is 0 Å². The van der Waals surface area contributed by atoms with Gasteiger partial charge in [0.2, 0.25) is 0 Å². The van der Waals surface area contributed by atoms with Gasteiger partial charge in [-0.15, -0.1) is 0 Å². The monoisotopic (exact) mass is 244 g/mol. The molecule has 0 N–H and O–H groups in total. The molecule has 0 radical (unpaired) electrons. The smallest absolute Gasteiger partial charge is 0.0217 e. The average molecular weight is 244 g/mol. The van der Waals surface area contributed by atoms with Crippen LogP contribution in [0.3, 0.4) is 0 Å². The molecule has 0 aromatic carbocycles. The lowest BCUT2D eigenvalue weighted by atomic mass is 10.0. The Morgan fingerprint density at radius 2 is 2.19 bits per heavy atom. The Balaban J connectivity index is 2.35. The molecule has 1 fully saturated rings. The maximum absolute atomic E-state index is 4.48. The third kappa shape index (κ3) is 4.64. The Morgan fingerprint density at radius 3 is 2.75 bits per heavy atom. The molecule has 3 heteroatoms. The van der Waals surface area contributed by atoms with Gasteiger partial charge in [-0.3, -0.25) is 0 Å². The van der Waals surface area contributed by atoms with Gasteiger partial charge in [0.15, 0.2) is 0 Å². The molecule has 0 amide bonds. The zero-order valence-corrected chi connectivity index (χ0v) is 12.0. The number of hydrogen-bond donors (Lipinski definition) is 1. The van der Waals surface area contributed by atoms with Gasteiger partial charge >= 0.3 is 0 Å². The Morgan fingerprint density at radius 1 is 1.44 bits per heavy atom. The van der Waals surface area contributed by atoms with Crippen LogP contribution >= 0.6 is 12.6 Å². The minimum absolute atomic E-state index is 0.760. The van der Waals surface area contributed by atoms with E-state index in [1.165, 1.54) is 45.3 Å². The molecule has 0 aliphatic carbocycles. The second kappa shape index (κ2) is 7.57. The molecule has 1 heterocycles. The lowest BCUT2D eigenvalue weighted by molar-refractivity contribution is 0.120. The van der Waals surface area contributed by atoms with Gasteiger partial charge in [0.25, 0.3) is 0 Å². The number of likely N-dealkylation sites (N-methyl/N-ethyl adjacent to an activating group) is 1. The molecule has 0 bridgehead atoms. The van der Waals surface area contributed by atoms with E-state index in [1.54, 1.807) is 0 Å². The van der Waals surface area contributed by atoms with Crippen LogP contribution in [0.25, 0.3) is 0 Å². The van der Waals surface area contributed by atoms with Crippen LogP contribution in [-0.2, 0) is 0 Å². The number of thiol groups is 1. The standard InChI is InChI=1S/C13H28N2S/c1-4-6-12(11-16)9-15-8-5-7-13(10-15)14(2)3/h12-13,16H,4-11H2,1-3H3. The van der Waals surface area contributed by atoms with Crippen LogP contribution in [0.5, 0.6) is 0 Å². The molecule has 1 aliphatic heterocycles. The topological polar surface area (TPSA) is 6.48 Å². The van der Waals surface area contributed by atoms with Crippen molar-refractivity contribution in [3.05, 3.63) is 0 Å². The third-order valence-electron chi connectivity index (χ3n) is 3.68. The normalized spacial score (nSPS) is 24.9. The van der Waals surface area contributed by atoms with Gasteiger partial charge in [0, 0.05) is 19.1 Å². The summed E-state index contributed by atoms with van der Waals surface area (Å²) >= 11 is 4.48. The van der Waals surface area contributed by atoms with E-state index in [1.807, 2.05) is 0 Å². The van der Waals surface area contributed by atoms with Crippen LogP contribution in [0.4, 0.5) is 0 Å². The lowest BCUT2D eigenvalue weighted by Gasteiger charge is -2.37. The lowest BCUT2D eigenvalue weighted by Crippen LogP contribution is -2.46. The molecule has 96 valence electrons. The van der Waals surface area contributed by atoms with E-state index >= 15 is 0 Å². The second-order valence-electron chi connectivity index (χ2n) is 5.36. The fourth-order valence-corrected chi connectivity index (χ4v) is 2.93. The largest absolute Gasteiger partial charge is 0.305 e. The summed E-state index contributed by atoms with van der Waals surface area (Å²) in [5.74, 6) is 1.83. The first kappa shape index (κ1) is 14.3. The summed E-state index contributed by atoms with van der Waals surface area (Å²) in [5, 5.41) is 0. The average Bonchev–Trinajstić information content (AvgIpc) is 2.29. The van der Waals surface area contributed by atoms with E-state index in [4.69, 9.17) is 0 Å². The Kier molecular flexibility index (Phi) is 6.78. The van der Waals surface area contributed by atoms with Gasteiger partial charge in [-0.1, -0.05) is 13.3 Å². The summed E-state index contributed by atoms with van der Waals surface area (Å²) in [4.78, 5) is 5.02. The number of rotatable bonds is 6. The predicted octanol–water partition coefficient (Wildman–Crippen LogP) is 2.36. The molecule has 0 aromatic heterocycles. The van der Waals surface area contributed by atoms with E-state index in [2.05, 4.69) is 43.4 Å². The Labute approximate surface area is 107 Å². The van der Waals surface area contributed by atoms with E-state index in [9.17, 15) is 0 Å². The van der Waals surface area contributed by atoms with Gasteiger partial charge < -0.3 is 9.80 Å². The maximum Gasteiger partial charge on any atom is 0.0217 e. The highest BCUT2D eigenvalue weighted by Gasteiger charge is 2.22. The summed E-state index contributed by atoms with van der Waals surface area (Å²) in [6, 6.07) is 0.760. The van der Waals surface area contributed by atoms with Crippen molar-refractivity contribution >= 4 is 12.6 Å². The molecule has 0 spiro atoms. The van der Waals surface area contributed by atoms with E-state index in [0.717, 1.165) is 17.7 Å². The molecule has 1 aliphatic rings. The van der Waals surface area contributed by atoms with E-state index < -0.39 is 0 Å². The number of nitrogens with zero attached hydrogens (tertiary/aromatic N) is 2. The van der Waals surface area contributed by atoms with Gasteiger partial charge in [-0.25, -0.2) is 0 Å². The number of piperidine rings is 1. The highest BCUT2D eigenvalue weighted by molar-refractivity contribution is 7.80. The van der Waals surface area contributed by atoms with Crippen molar-refractivity contribution in [2.24, 2.45) is 5.92 Å². The third-order valence-corrected chi connectivity index (χ3v) is 4.20. The fourth-order valence-electron chi connectivity index (χ4n) is 2.63. The van der Waals surface area contributed by atoms with Gasteiger partial charge in [0.1, 0.15) is 0 Å². The first-order chi connectivity index (χ1) is 7.67. The molecular weight excluding hydrogens is 216 g/mol. The summed E-state index contributed by atoms with van der Waals surface area (Å²) in [6.45, 7) is 6.07. The SMILES string of the molecule is CCCC(CS)CN1CCCC(N(C)C)C1. The Hall–Kier alpha value is 0.270. The quantitative estimate of drug-likeness (QED) is 0.717. The minimum atomic E-state index is 0.760. The van der Waals surface area contributed by atoms with Crippen molar-refractivity contribution in [1.29, 1.82) is 0 Å². The molecule has 16 heavy (non-hydrogen) atoms. The van der Waals surface area contributed by atoms with Crippen LogP contribution < -0.4 is 0 Å². The summed E-state index contributed by atoms with van der Waals surface area (Å²) in [7, 11) is 4.41. The highest BCUT2D eigenvalue weighted by atomic mass is 32.1. The van der Waals surface area contributed by atoms with Crippen LogP contribution in [0.2, 0.25) is 0 Å². The highest BCUT2D eigenvalue weighted by Crippen LogP contribution is 2.17. The molecular formula is C13H28N2S. The van der Waals surface area contributed by atoms with Crippen molar-refractivity contribution < 1.29 is 0 Å². The van der Waals surface area contributed by atoms with Crippen molar-refractivity contribution in [1.82, 2.24) is 9.80 Å². The van der Waals surface area contributed by atoms with Crippen LogP contribution in [-0.4, -0.2) is 55.3 Å². The molecule has 0 saturated carbocycles. The summed E-state index contributed by atoms with van der Waals surface area (Å²) in [6.07, 6.45) is 5.33. The predicted molar refractivity (Wildman–Crippen MR) is 75.4 cm³/mol. The molecule has 2 atom stereocenters. The number of hydrogen-bond acceptors (Lipinski definition) is 3. The van der Waals surface area contributed by atoms with Crippen LogP contribution in [0.1, 0.15) is 32.6 Å². The zero-order valence-electron chi connectivity index (χ0n) is 11.2. The first-order valence-electron chi connectivity index (χ1n) is 6.67. The molecule has 2 nitrogen and oxygen atoms in total. The molecule has 2 unspecified atom stereocenters. The number of likely N-dealkylation sites (tertiary alicyclic amines) is 1. The van der Waals surface area contributed by atoms with Crippen molar-refractivity contribution in [2.45, 2.75) is 38.6 Å². The molecule has 1 rings (SSSR count). The van der Waals surface area contributed by atoms with Gasteiger partial charge in [-0.2, -0.15) is 12.6 Å². The maximum atomic E-state index is 4.48. The minimum Gasteiger partial charge on any atom is -0.305 e. The zero-order chi connectivity index (χ0) is 12.0. The first-order valence-corrected chi connectivity index (χ1v) is 7.30. The molecule has 0 aromatic rings. The molecule has 1 saturated heterocycles. The van der Waals surface area contributed by atoms with Crippen molar-refractivity contribution in [3.63, 3.8) is 0 Å². The van der Waals surface area contributed by atoms with Gasteiger partial charge in [0.05, 0.1) is 0 Å². The van der Waals surface area contributed by atoms with Crippen LogP contribution in [0, 0.1) is 5.92 Å². The van der Waals surface area contributed by atoms with Crippen LogP contribution in [0.15, 0.2) is 0 Å². The second-order valence-corrected chi connectivity index (χ2v) is 5.72.